The summed E-state index contributed by atoms with van der Waals surface area (Å²) in [7, 11) is -4.28. The standard InChI is InChI=1S/C8H18NO4P/c9-8(10)7(14(11,12)13)6-4-2-1-3-5-6/h6-8,10H,1-5,9H2,(H2,11,12,13). The third-order valence-corrected chi connectivity index (χ3v) is 4.37. The first-order valence-electron chi connectivity index (χ1n) is 4.92. The number of aliphatic hydroxyl groups is 1. The molecule has 0 heterocycles. The zero-order valence-electron chi connectivity index (χ0n) is 8.04. The largest absolute Gasteiger partial charge is 0.378 e. The lowest BCUT2D eigenvalue weighted by atomic mass is 9.86. The lowest BCUT2D eigenvalue weighted by Crippen LogP contribution is -2.40. The SMILES string of the molecule is NC(O)C(C1CCCCC1)P(=O)(O)O. The van der Waals surface area contributed by atoms with Gasteiger partial charge in [0.25, 0.3) is 0 Å². The predicted molar refractivity (Wildman–Crippen MR) is 52.6 cm³/mol. The summed E-state index contributed by atoms with van der Waals surface area (Å²) in [6.45, 7) is 0. The first kappa shape index (κ1) is 12.1. The van der Waals surface area contributed by atoms with Crippen molar-refractivity contribution < 1.29 is 19.5 Å². The molecule has 1 aliphatic carbocycles. The van der Waals surface area contributed by atoms with E-state index in [1.807, 2.05) is 0 Å². The maximum absolute atomic E-state index is 11.1. The smallest absolute Gasteiger partial charge is 0.332 e. The van der Waals surface area contributed by atoms with Crippen LogP contribution in [0.2, 0.25) is 0 Å². The molecule has 0 amide bonds. The third kappa shape index (κ3) is 3.04. The van der Waals surface area contributed by atoms with Crippen molar-refractivity contribution in [3.63, 3.8) is 0 Å². The van der Waals surface area contributed by atoms with Gasteiger partial charge in [0.05, 0.1) is 0 Å². The minimum atomic E-state index is -4.28. The maximum Gasteiger partial charge on any atom is 0.332 e. The molecule has 1 aliphatic rings. The Morgan fingerprint density at radius 1 is 1.21 bits per heavy atom. The molecule has 5 N–H and O–H groups in total. The molecule has 0 aliphatic heterocycles. The van der Waals surface area contributed by atoms with Gasteiger partial charge in [-0.25, -0.2) is 0 Å². The van der Waals surface area contributed by atoms with Crippen molar-refractivity contribution in [1.82, 2.24) is 0 Å². The fraction of sp³-hybridized carbons (Fsp3) is 1.00. The van der Waals surface area contributed by atoms with E-state index in [4.69, 9.17) is 15.5 Å². The molecule has 0 aromatic carbocycles. The average molecular weight is 223 g/mol. The first-order chi connectivity index (χ1) is 6.43. The molecular formula is C8H18NO4P. The van der Waals surface area contributed by atoms with E-state index in [0.29, 0.717) is 0 Å². The van der Waals surface area contributed by atoms with E-state index in [9.17, 15) is 9.67 Å². The molecular weight excluding hydrogens is 205 g/mol. The summed E-state index contributed by atoms with van der Waals surface area (Å²) >= 11 is 0. The molecule has 0 aromatic heterocycles. The van der Waals surface area contributed by atoms with Crippen LogP contribution in [0.1, 0.15) is 32.1 Å². The Kier molecular flexibility index (Phi) is 4.10. The highest BCUT2D eigenvalue weighted by Crippen LogP contribution is 2.49. The van der Waals surface area contributed by atoms with Gasteiger partial charge >= 0.3 is 7.60 Å². The highest BCUT2D eigenvalue weighted by Gasteiger charge is 2.40. The highest BCUT2D eigenvalue weighted by molar-refractivity contribution is 7.52. The van der Waals surface area contributed by atoms with Crippen molar-refractivity contribution in [3.05, 3.63) is 0 Å². The monoisotopic (exact) mass is 223 g/mol. The van der Waals surface area contributed by atoms with Gasteiger partial charge < -0.3 is 20.6 Å². The van der Waals surface area contributed by atoms with Gasteiger partial charge in [0.1, 0.15) is 11.9 Å². The molecule has 5 nitrogen and oxygen atoms in total. The normalized spacial score (nSPS) is 24.6. The lowest BCUT2D eigenvalue weighted by Gasteiger charge is -2.32. The first-order valence-corrected chi connectivity index (χ1v) is 6.60. The Labute approximate surface area is 83.5 Å². The molecule has 0 radical (unpaired) electrons. The van der Waals surface area contributed by atoms with E-state index in [-0.39, 0.29) is 5.92 Å². The molecule has 14 heavy (non-hydrogen) atoms. The summed E-state index contributed by atoms with van der Waals surface area (Å²) in [5, 5.41) is 9.19. The third-order valence-electron chi connectivity index (χ3n) is 2.87. The summed E-state index contributed by atoms with van der Waals surface area (Å²) in [4.78, 5) is 18.1. The minimum absolute atomic E-state index is 0.135. The van der Waals surface area contributed by atoms with Gasteiger partial charge in [-0.05, 0) is 18.8 Å². The minimum Gasteiger partial charge on any atom is -0.378 e. The second-order valence-corrected chi connectivity index (χ2v) is 5.74. The summed E-state index contributed by atoms with van der Waals surface area (Å²) in [5.74, 6) is -0.135. The van der Waals surface area contributed by atoms with Crippen LogP contribution >= 0.6 is 7.60 Å². The molecule has 6 heteroatoms. The maximum atomic E-state index is 11.1. The quantitative estimate of drug-likeness (QED) is 0.409. The fourth-order valence-electron chi connectivity index (χ4n) is 2.23. The van der Waals surface area contributed by atoms with Gasteiger partial charge in [-0.1, -0.05) is 19.3 Å². The van der Waals surface area contributed by atoms with Gasteiger partial charge in [0, 0.05) is 0 Å². The highest BCUT2D eigenvalue weighted by atomic mass is 31.2. The molecule has 0 aromatic rings. The topological polar surface area (TPSA) is 104 Å². The van der Waals surface area contributed by atoms with E-state index in [1.54, 1.807) is 0 Å². The Bertz CT molecular complexity index is 221. The van der Waals surface area contributed by atoms with E-state index in [1.165, 1.54) is 0 Å². The predicted octanol–water partition coefficient (Wildman–Crippen LogP) is 0.390. The van der Waals surface area contributed by atoms with Gasteiger partial charge in [-0.3, -0.25) is 4.57 Å². The van der Waals surface area contributed by atoms with Crippen LogP contribution < -0.4 is 5.73 Å². The van der Waals surface area contributed by atoms with Crippen LogP contribution in [0.25, 0.3) is 0 Å². The second kappa shape index (κ2) is 4.73. The molecule has 2 unspecified atom stereocenters. The number of rotatable bonds is 3. The zero-order valence-corrected chi connectivity index (χ0v) is 8.94. The van der Waals surface area contributed by atoms with Crippen molar-refractivity contribution >= 4 is 7.60 Å². The van der Waals surface area contributed by atoms with Crippen LogP contribution in [0, 0.1) is 5.92 Å². The summed E-state index contributed by atoms with van der Waals surface area (Å²) < 4.78 is 11.1. The second-order valence-electron chi connectivity index (χ2n) is 3.97. The van der Waals surface area contributed by atoms with Crippen molar-refractivity contribution in [1.29, 1.82) is 0 Å². The van der Waals surface area contributed by atoms with Crippen molar-refractivity contribution in [2.75, 3.05) is 0 Å². The summed E-state index contributed by atoms with van der Waals surface area (Å²) in [6, 6.07) is 0. The molecule has 84 valence electrons. The number of aliphatic hydroxyl groups excluding tert-OH is 1. The summed E-state index contributed by atoms with van der Waals surface area (Å²) in [6.07, 6.45) is 3.12. The molecule has 0 bridgehead atoms. The van der Waals surface area contributed by atoms with Gasteiger partial charge in [0.15, 0.2) is 0 Å². The molecule has 0 spiro atoms. The van der Waals surface area contributed by atoms with E-state index >= 15 is 0 Å². The van der Waals surface area contributed by atoms with Crippen LogP contribution in [-0.2, 0) is 4.57 Å². The van der Waals surface area contributed by atoms with Crippen LogP contribution in [0.15, 0.2) is 0 Å². The Hall–Kier alpha value is 0.0700. The zero-order chi connectivity index (χ0) is 10.8. The molecule has 2 atom stereocenters. The average Bonchev–Trinajstić information content (AvgIpc) is 2.02. The van der Waals surface area contributed by atoms with Crippen molar-refractivity contribution in [2.24, 2.45) is 11.7 Å². The number of hydrogen-bond donors (Lipinski definition) is 4. The fourth-order valence-corrected chi connectivity index (χ4v) is 3.47. The number of nitrogens with two attached hydrogens (primary N) is 1. The van der Waals surface area contributed by atoms with Crippen LogP contribution in [-0.4, -0.2) is 26.8 Å². The van der Waals surface area contributed by atoms with Gasteiger partial charge in [-0.2, -0.15) is 0 Å². The van der Waals surface area contributed by atoms with Gasteiger partial charge in [-0.15, -0.1) is 0 Å². The lowest BCUT2D eigenvalue weighted by molar-refractivity contribution is 0.126. The molecule has 0 saturated heterocycles. The Balaban J connectivity index is 2.71. The van der Waals surface area contributed by atoms with Gasteiger partial charge in [0.2, 0.25) is 0 Å². The van der Waals surface area contributed by atoms with E-state index < -0.39 is 19.5 Å². The Morgan fingerprint density at radius 3 is 2.07 bits per heavy atom. The molecule has 1 saturated carbocycles. The van der Waals surface area contributed by atoms with Crippen molar-refractivity contribution in [2.45, 2.75) is 44.0 Å². The van der Waals surface area contributed by atoms with Crippen LogP contribution in [0.5, 0.6) is 0 Å². The van der Waals surface area contributed by atoms with Crippen LogP contribution in [0.3, 0.4) is 0 Å². The van der Waals surface area contributed by atoms with Crippen molar-refractivity contribution in [3.8, 4) is 0 Å². The summed E-state index contributed by atoms with van der Waals surface area (Å²) in [5.41, 5.74) is 4.14. The Morgan fingerprint density at radius 2 is 1.71 bits per heavy atom. The molecule has 1 fully saturated rings. The van der Waals surface area contributed by atoms with E-state index in [0.717, 1.165) is 32.1 Å². The van der Waals surface area contributed by atoms with Crippen LogP contribution in [0.4, 0.5) is 0 Å². The van der Waals surface area contributed by atoms with E-state index in [2.05, 4.69) is 0 Å². The number of hydrogen-bond acceptors (Lipinski definition) is 3. The molecule has 1 rings (SSSR count).